The van der Waals surface area contributed by atoms with E-state index in [9.17, 15) is 0 Å². The predicted molar refractivity (Wildman–Crippen MR) is 74.3 cm³/mol. The Kier molecular flexibility index (Phi) is 3.43. The summed E-state index contributed by atoms with van der Waals surface area (Å²) in [7, 11) is 0. The molecule has 0 radical (unpaired) electrons. The molecule has 1 fully saturated rings. The van der Waals surface area contributed by atoms with E-state index in [0.717, 1.165) is 6.54 Å². The van der Waals surface area contributed by atoms with E-state index in [2.05, 4.69) is 48.2 Å². The van der Waals surface area contributed by atoms with Crippen molar-refractivity contribution in [3.05, 3.63) is 22.4 Å². The minimum atomic E-state index is -0.104. The van der Waals surface area contributed by atoms with Crippen LogP contribution in [0, 0.1) is 0 Å². The molecule has 1 saturated carbocycles. The fourth-order valence-corrected chi connectivity index (χ4v) is 2.46. The van der Waals surface area contributed by atoms with Gasteiger partial charge in [-0.05, 0) is 45.1 Å². The monoisotopic (exact) mass is 251 g/mol. The van der Waals surface area contributed by atoms with Gasteiger partial charge in [0, 0.05) is 10.9 Å². The second kappa shape index (κ2) is 4.69. The Morgan fingerprint density at radius 3 is 2.71 bits per heavy atom. The van der Waals surface area contributed by atoms with Gasteiger partial charge in [-0.1, -0.05) is 6.07 Å². The minimum absolute atomic E-state index is 0.104. The molecule has 2 rings (SSSR count). The third kappa shape index (κ3) is 3.73. The minimum Gasteiger partial charge on any atom is -0.370 e. The molecule has 1 heterocycles. The van der Waals surface area contributed by atoms with Gasteiger partial charge in [-0.25, -0.2) is 4.99 Å². The Hall–Kier alpha value is -1.03. The Morgan fingerprint density at radius 2 is 2.24 bits per heavy atom. The summed E-state index contributed by atoms with van der Waals surface area (Å²) in [5.74, 6) is 0.688. The van der Waals surface area contributed by atoms with Crippen LogP contribution in [0.1, 0.15) is 38.5 Å². The smallest absolute Gasteiger partial charge is 0.192 e. The lowest BCUT2D eigenvalue weighted by Crippen LogP contribution is -2.40. The van der Waals surface area contributed by atoms with Gasteiger partial charge in [-0.3, -0.25) is 0 Å². The molecule has 1 aromatic rings. The summed E-state index contributed by atoms with van der Waals surface area (Å²) in [6.07, 6.45) is 2.48. The highest BCUT2D eigenvalue weighted by Crippen LogP contribution is 2.29. The van der Waals surface area contributed by atoms with Gasteiger partial charge in [0.2, 0.25) is 0 Å². The Labute approximate surface area is 107 Å². The molecule has 0 atom stereocenters. The largest absolute Gasteiger partial charge is 0.370 e. The molecule has 4 heteroatoms. The maximum atomic E-state index is 6.14. The quantitative estimate of drug-likeness (QED) is 0.663. The SMILES string of the molecule is CC(C)(C)N=C(N)N(Cc1cccs1)C1CC1. The van der Waals surface area contributed by atoms with Crippen LogP contribution in [-0.4, -0.2) is 22.4 Å². The molecule has 0 aromatic carbocycles. The van der Waals surface area contributed by atoms with E-state index in [1.165, 1.54) is 17.7 Å². The normalized spacial score (nSPS) is 17.2. The van der Waals surface area contributed by atoms with Crippen molar-refractivity contribution < 1.29 is 0 Å². The highest BCUT2D eigenvalue weighted by Gasteiger charge is 2.31. The van der Waals surface area contributed by atoms with Crippen LogP contribution in [0.15, 0.2) is 22.5 Å². The van der Waals surface area contributed by atoms with Gasteiger partial charge in [0.1, 0.15) is 0 Å². The number of aliphatic imine (C=N–C) groups is 1. The summed E-state index contributed by atoms with van der Waals surface area (Å²) in [6, 6.07) is 4.84. The van der Waals surface area contributed by atoms with Crippen molar-refractivity contribution in [2.75, 3.05) is 0 Å². The van der Waals surface area contributed by atoms with Gasteiger partial charge in [0.25, 0.3) is 0 Å². The molecule has 0 saturated heterocycles. The van der Waals surface area contributed by atoms with Crippen molar-refractivity contribution >= 4 is 17.3 Å². The fourth-order valence-electron chi connectivity index (χ4n) is 1.76. The first-order valence-electron chi connectivity index (χ1n) is 6.10. The Bertz CT molecular complexity index is 385. The molecule has 0 unspecified atom stereocenters. The van der Waals surface area contributed by atoms with Crippen LogP contribution in [0.5, 0.6) is 0 Å². The zero-order valence-corrected chi connectivity index (χ0v) is 11.6. The summed E-state index contributed by atoms with van der Waals surface area (Å²) in [4.78, 5) is 8.17. The number of thiophene rings is 1. The average Bonchev–Trinajstić information content (AvgIpc) is 2.89. The van der Waals surface area contributed by atoms with E-state index in [0.29, 0.717) is 12.0 Å². The first-order valence-corrected chi connectivity index (χ1v) is 6.98. The van der Waals surface area contributed by atoms with Gasteiger partial charge in [0.05, 0.1) is 12.1 Å². The van der Waals surface area contributed by atoms with Crippen LogP contribution in [0.25, 0.3) is 0 Å². The second-order valence-electron chi connectivity index (χ2n) is 5.58. The number of guanidine groups is 1. The van der Waals surface area contributed by atoms with Crippen molar-refractivity contribution in [2.24, 2.45) is 10.7 Å². The molecule has 0 aliphatic heterocycles. The number of nitrogens with zero attached hydrogens (tertiary/aromatic N) is 2. The van der Waals surface area contributed by atoms with Crippen LogP contribution < -0.4 is 5.73 Å². The summed E-state index contributed by atoms with van der Waals surface area (Å²) in [5.41, 5.74) is 6.04. The van der Waals surface area contributed by atoms with Gasteiger partial charge < -0.3 is 10.6 Å². The summed E-state index contributed by atoms with van der Waals surface area (Å²) in [6.45, 7) is 7.13. The van der Waals surface area contributed by atoms with E-state index in [1.807, 2.05) is 0 Å². The number of nitrogens with two attached hydrogens (primary N) is 1. The molecule has 94 valence electrons. The van der Waals surface area contributed by atoms with Gasteiger partial charge in [0.15, 0.2) is 5.96 Å². The highest BCUT2D eigenvalue weighted by molar-refractivity contribution is 7.09. The standard InChI is InChI=1S/C13H21N3S/c1-13(2,3)15-12(14)16(10-6-7-10)9-11-5-4-8-17-11/h4-5,8,10H,6-7,9H2,1-3H3,(H2,14,15). The Balaban J connectivity index is 2.09. The molecule has 1 aliphatic rings. The van der Waals surface area contributed by atoms with Crippen LogP contribution >= 0.6 is 11.3 Å². The lowest BCUT2D eigenvalue weighted by molar-refractivity contribution is 0.393. The molecular formula is C13H21N3S. The van der Waals surface area contributed by atoms with E-state index < -0.39 is 0 Å². The molecule has 1 aliphatic carbocycles. The Morgan fingerprint density at radius 1 is 1.53 bits per heavy atom. The van der Waals surface area contributed by atoms with Crippen molar-refractivity contribution in [1.29, 1.82) is 0 Å². The van der Waals surface area contributed by atoms with Crippen molar-refractivity contribution in [3.63, 3.8) is 0 Å². The number of hydrogen-bond acceptors (Lipinski definition) is 2. The molecule has 17 heavy (non-hydrogen) atoms. The van der Waals surface area contributed by atoms with E-state index >= 15 is 0 Å². The third-order valence-corrected chi connectivity index (χ3v) is 3.50. The summed E-state index contributed by atoms with van der Waals surface area (Å²) < 4.78 is 0. The van der Waals surface area contributed by atoms with E-state index in [-0.39, 0.29) is 5.54 Å². The van der Waals surface area contributed by atoms with Crippen LogP contribution in [0.2, 0.25) is 0 Å². The maximum Gasteiger partial charge on any atom is 0.192 e. The van der Waals surface area contributed by atoms with Crippen molar-refractivity contribution in [3.8, 4) is 0 Å². The lowest BCUT2D eigenvalue weighted by Gasteiger charge is -2.25. The molecule has 0 bridgehead atoms. The summed E-state index contributed by atoms with van der Waals surface area (Å²) in [5, 5.41) is 2.11. The molecule has 0 amide bonds. The van der Waals surface area contributed by atoms with Crippen molar-refractivity contribution in [2.45, 2.75) is 51.7 Å². The summed E-state index contributed by atoms with van der Waals surface area (Å²) >= 11 is 1.78. The van der Waals surface area contributed by atoms with Gasteiger partial charge in [-0.15, -0.1) is 11.3 Å². The molecule has 0 spiro atoms. The number of hydrogen-bond donors (Lipinski definition) is 1. The lowest BCUT2D eigenvalue weighted by atomic mass is 10.1. The van der Waals surface area contributed by atoms with Crippen LogP contribution in [0.3, 0.4) is 0 Å². The zero-order valence-electron chi connectivity index (χ0n) is 10.8. The first kappa shape index (κ1) is 12.4. The zero-order chi connectivity index (χ0) is 12.5. The fraction of sp³-hybridized carbons (Fsp3) is 0.615. The first-order chi connectivity index (χ1) is 7.96. The molecule has 1 aromatic heterocycles. The predicted octanol–water partition coefficient (Wildman–Crippen LogP) is 2.83. The molecular weight excluding hydrogens is 230 g/mol. The molecule has 3 nitrogen and oxygen atoms in total. The maximum absolute atomic E-state index is 6.14. The highest BCUT2D eigenvalue weighted by atomic mass is 32.1. The van der Waals surface area contributed by atoms with Gasteiger partial charge >= 0.3 is 0 Å². The average molecular weight is 251 g/mol. The van der Waals surface area contributed by atoms with E-state index in [4.69, 9.17) is 5.73 Å². The van der Waals surface area contributed by atoms with Crippen LogP contribution in [0.4, 0.5) is 0 Å². The topological polar surface area (TPSA) is 41.6 Å². The molecule has 2 N–H and O–H groups in total. The number of rotatable bonds is 3. The van der Waals surface area contributed by atoms with Crippen LogP contribution in [-0.2, 0) is 6.54 Å². The second-order valence-corrected chi connectivity index (χ2v) is 6.61. The van der Waals surface area contributed by atoms with E-state index in [1.54, 1.807) is 11.3 Å². The van der Waals surface area contributed by atoms with Gasteiger partial charge in [-0.2, -0.15) is 0 Å². The third-order valence-electron chi connectivity index (χ3n) is 2.64. The van der Waals surface area contributed by atoms with Crippen molar-refractivity contribution in [1.82, 2.24) is 4.90 Å².